The van der Waals surface area contributed by atoms with Gasteiger partial charge in [0.1, 0.15) is 18.5 Å². The van der Waals surface area contributed by atoms with Gasteiger partial charge < -0.3 is 24.3 Å². The fourth-order valence-corrected chi connectivity index (χ4v) is 4.22. The van der Waals surface area contributed by atoms with E-state index in [4.69, 9.17) is 14.5 Å². The summed E-state index contributed by atoms with van der Waals surface area (Å²) in [7, 11) is 0. The summed E-state index contributed by atoms with van der Waals surface area (Å²) >= 11 is 0. The van der Waals surface area contributed by atoms with Crippen LogP contribution in [0.25, 0.3) is 0 Å². The maximum atomic E-state index is 5.98. The molecule has 0 spiro atoms. The van der Waals surface area contributed by atoms with Crippen LogP contribution in [0, 0.1) is 0 Å². The number of aryl methyl sites for hydroxylation is 1. The summed E-state index contributed by atoms with van der Waals surface area (Å²) < 4.78 is 14.1. The van der Waals surface area contributed by atoms with Gasteiger partial charge in [-0.05, 0) is 32.6 Å². The number of rotatable bonds is 4. The molecule has 4 rings (SSSR count). The first-order valence-electron chi connectivity index (χ1n) is 10.5. The molecule has 0 saturated carbocycles. The first-order valence-corrected chi connectivity index (χ1v) is 10.5. The monoisotopic (exact) mass is 376 g/mol. The van der Waals surface area contributed by atoms with Crippen LogP contribution in [0.5, 0.6) is 0 Å². The van der Waals surface area contributed by atoms with Crippen LogP contribution >= 0.6 is 0 Å². The molecule has 3 aliphatic rings. The number of guanidine groups is 1. The van der Waals surface area contributed by atoms with E-state index < -0.39 is 0 Å². The third-order valence-corrected chi connectivity index (χ3v) is 5.66. The Labute approximate surface area is 161 Å². The lowest BCUT2D eigenvalue weighted by atomic mass is 10.1. The highest BCUT2D eigenvalue weighted by molar-refractivity contribution is 5.80. The summed E-state index contributed by atoms with van der Waals surface area (Å²) in [5.74, 6) is 3.04. The van der Waals surface area contributed by atoms with Gasteiger partial charge in [-0.15, -0.1) is 10.2 Å². The Morgan fingerprint density at radius 1 is 1.11 bits per heavy atom. The van der Waals surface area contributed by atoms with Crippen molar-refractivity contribution in [2.45, 2.75) is 70.7 Å². The van der Waals surface area contributed by atoms with Crippen molar-refractivity contribution in [1.29, 1.82) is 0 Å². The molecule has 0 aliphatic carbocycles. The van der Waals surface area contributed by atoms with E-state index in [0.29, 0.717) is 6.54 Å². The molecule has 1 aromatic rings. The second-order valence-corrected chi connectivity index (χ2v) is 7.57. The zero-order chi connectivity index (χ0) is 18.5. The highest BCUT2D eigenvalue weighted by Crippen LogP contribution is 2.21. The van der Waals surface area contributed by atoms with Crippen LogP contribution in [-0.4, -0.2) is 70.7 Å². The van der Waals surface area contributed by atoms with Crippen molar-refractivity contribution < 1.29 is 9.47 Å². The van der Waals surface area contributed by atoms with Gasteiger partial charge in [-0.25, -0.2) is 4.99 Å². The molecule has 1 N–H and O–H groups in total. The van der Waals surface area contributed by atoms with Gasteiger partial charge in [0.25, 0.3) is 0 Å². The Morgan fingerprint density at radius 2 is 2.04 bits per heavy atom. The van der Waals surface area contributed by atoms with E-state index in [-0.39, 0.29) is 12.2 Å². The molecule has 0 amide bonds. The van der Waals surface area contributed by atoms with Crippen LogP contribution in [0.3, 0.4) is 0 Å². The lowest BCUT2D eigenvalue weighted by molar-refractivity contribution is -0.0817. The minimum absolute atomic E-state index is 0.134. The topological polar surface area (TPSA) is 76.8 Å². The average molecular weight is 377 g/mol. The number of hydrogen-bond donors (Lipinski definition) is 1. The van der Waals surface area contributed by atoms with E-state index in [0.717, 1.165) is 76.3 Å². The number of aromatic nitrogens is 3. The first-order chi connectivity index (χ1) is 13.3. The molecule has 3 aliphatic heterocycles. The molecule has 0 radical (unpaired) electrons. The minimum Gasteiger partial charge on any atom is -0.375 e. The summed E-state index contributed by atoms with van der Waals surface area (Å²) in [6, 6.07) is 0. The van der Waals surface area contributed by atoms with Gasteiger partial charge in [0.2, 0.25) is 0 Å². The van der Waals surface area contributed by atoms with Gasteiger partial charge in [0.15, 0.2) is 11.8 Å². The number of ether oxygens (including phenoxy) is 2. The number of aliphatic imine (C=N–C) groups is 1. The third-order valence-electron chi connectivity index (χ3n) is 5.66. The van der Waals surface area contributed by atoms with Gasteiger partial charge in [-0.2, -0.15) is 0 Å². The maximum absolute atomic E-state index is 5.98. The van der Waals surface area contributed by atoms with E-state index in [2.05, 4.69) is 31.9 Å². The van der Waals surface area contributed by atoms with Gasteiger partial charge in [0, 0.05) is 39.2 Å². The molecule has 2 saturated heterocycles. The second-order valence-electron chi connectivity index (χ2n) is 7.57. The first kappa shape index (κ1) is 18.7. The lowest BCUT2D eigenvalue weighted by Gasteiger charge is -2.37. The van der Waals surface area contributed by atoms with Crippen molar-refractivity contribution in [2.75, 3.05) is 32.8 Å². The van der Waals surface area contributed by atoms with Gasteiger partial charge in [-0.1, -0.05) is 6.42 Å². The van der Waals surface area contributed by atoms with E-state index in [9.17, 15) is 0 Å². The number of nitrogens with one attached hydrogen (secondary N) is 1. The van der Waals surface area contributed by atoms with Crippen molar-refractivity contribution >= 4 is 5.96 Å². The van der Waals surface area contributed by atoms with E-state index >= 15 is 0 Å². The second kappa shape index (κ2) is 9.01. The Kier molecular flexibility index (Phi) is 6.24. The highest BCUT2D eigenvalue weighted by Gasteiger charge is 2.32. The summed E-state index contributed by atoms with van der Waals surface area (Å²) in [6.07, 6.45) is 7.31. The standard InChI is InChI=1S/C19H32N6O2/c1-2-20-19(24-10-12-27-16(14-24)15-7-6-11-26-15)21-13-18-23-22-17-8-4-3-5-9-25(17)18/h15-16H,2-14H2,1H3,(H,20,21). The summed E-state index contributed by atoms with van der Waals surface area (Å²) in [6.45, 7) is 7.79. The van der Waals surface area contributed by atoms with Crippen LogP contribution in [0.2, 0.25) is 0 Å². The smallest absolute Gasteiger partial charge is 0.194 e. The predicted octanol–water partition coefficient (Wildman–Crippen LogP) is 1.35. The van der Waals surface area contributed by atoms with Crippen LogP contribution in [0.1, 0.15) is 50.7 Å². The van der Waals surface area contributed by atoms with Crippen LogP contribution in [-0.2, 0) is 29.0 Å². The lowest BCUT2D eigenvalue weighted by Crippen LogP contribution is -2.53. The minimum atomic E-state index is 0.134. The van der Waals surface area contributed by atoms with Crippen molar-refractivity contribution in [3.05, 3.63) is 11.6 Å². The molecule has 2 fully saturated rings. The largest absolute Gasteiger partial charge is 0.375 e. The van der Waals surface area contributed by atoms with Gasteiger partial charge >= 0.3 is 0 Å². The molecule has 150 valence electrons. The fourth-order valence-electron chi connectivity index (χ4n) is 4.22. The molecule has 0 aromatic carbocycles. The van der Waals surface area contributed by atoms with Crippen molar-refractivity contribution in [3.63, 3.8) is 0 Å². The zero-order valence-corrected chi connectivity index (χ0v) is 16.4. The van der Waals surface area contributed by atoms with Crippen LogP contribution in [0.15, 0.2) is 4.99 Å². The number of fused-ring (bicyclic) bond motifs is 1. The zero-order valence-electron chi connectivity index (χ0n) is 16.4. The summed E-state index contributed by atoms with van der Waals surface area (Å²) in [5.41, 5.74) is 0. The van der Waals surface area contributed by atoms with Gasteiger partial charge in [-0.3, -0.25) is 0 Å². The predicted molar refractivity (Wildman–Crippen MR) is 103 cm³/mol. The van der Waals surface area contributed by atoms with Crippen LogP contribution in [0.4, 0.5) is 0 Å². The number of morpholine rings is 1. The van der Waals surface area contributed by atoms with Crippen molar-refractivity contribution in [1.82, 2.24) is 25.0 Å². The fraction of sp³-hybridized carbons (Fsp3) is 0.842. The van der Waals surface area contributed by atoms with Crippen molar-refractivity contribution in [2.24, 2.45) is 4.99 Å². The van der Waals surface area contributed by atoms with E-state index in [1.807, 2.05) is 0 Å². The third kappa shape index (κ3) is 4.43. The van der Waals surface area contributed by atoms with Crippen LogP contribution < -0.4 is 5.32 Å². The molecule has 2 atom stereocenters. The number of nitrogens with zero attached hydrogens (tertiary/aromatic N) is 5. The molecule has 0 bridgehead atoms. The Hall–Kier alpha value is -1.67. The quantitative estimate of drug-likeness (QED) is 0.631. The molecule has 1 aromatic heterocycles. The van der Waals surface area contributed by atoms with E-state index in [1.165, 1.54) is 19.3 Å². The summed E-state index contributed by atoms with van der Waals surface area (Å²) in [4.78, 5) is 7.20. The van der Waals surface area contributed by atoms with Gasteiger partial charge in [0.05, 0.1) is 12.7 Å². The molecule has 8 nitrogen and oxygen atoms in total. The Morgan fingerprint density at radius 3 is 2.89 bits per heavy atom. The molecular weight excluding hydrogens is 344 g/mol. The summed E-state index contributed by atoms with van der Waals surface area (Å²) in [5, 5.41) is 12.2. The normalized spacial score (nSPS) is 26.7. The molecule has 8 heteroatoms. The Bertz CT molecular complexity index is 640. The average Bonchev–Trinajstić information content (AvgIpc) is 3.31. The van der Waals surface area contributed by atoms with Crippen molar-refractivity contribution in [3.8, 4) is 0 Å². The number of hydrogen-bond acceptors (Lipinski definition) is 5. The maximum Gasteiger partial charge on any atom is 0.194 e. The molecular formula is C19H32N6O2. The molecule has 2 unspecified atom stereocenters. The SMILES string of the molecule is CCNC(=NCc1nnc2n1CCCCC2)N1CCOC(C2CCCO2)C1. The van der Waals surface area contributed by atoms with E-state index in [1.54, 1.807) is 0 Å². The Balaban J connectivity index is 1.44. The molecule has 27 heavy (non-hydrogen) atoms. The highest BCUT2D eigenvalue weighted by atomic mass is 16.5. The molecule has 4 heterocycles.